The number of aromatic nitrogens is 4. The van der Waals surface area contributed by atoms with Crippen molar-refractivity contribution < 1.29 is 4.39 Å². The number of rotatable bonds is 2. The van der Waals surface area contributed by atoms with E-state index in [0.29, 0.717) is 16.3 Å². The van der Waals surface area contributed by atoms with E-state index in [1.807, 2.05) is 0 Å². The standard InChI is InChI=1S/C13H8Cl2FN5/c14-7-4-5-11(9(16)6-7)21-13(18-19-20-21)8-2-1-3-10(17)12(8)15/h1-6H,17H2. The van der Waals surface area contributed by atoms with Crippen LogP contribution in [0.25, 0.3) is 17.1 Å². The molecule has 21 heavy (non-hydrogen) atoms. The van der Waals surface area contributed by atoms with Gasteiger partial charge in [0, 0.05) is 10.6 Å². The van der Waals surface area contributed by atoms with E-state index < -0.39 is 5.82 Å². The molecule has 5 nitrogen and oxygen atoms in total. The number of nitrogens with zero attached hydrogens (tertiary/aromatic N) is 4. The van der Waals surface area contributed by atoms with Gasteiger partial charge in [-0.15, -0.1) is 5.10 Å². The Morgan fingerprint density at radius 1 is 1.14 bits per heavy atom. The number of hydrogen-bond acceptors (Lipinski definition) is 4. The monoisotopic (exact) mass is 323 g/mol. The van der Waals surface area contributed by atoms with E-state index in [1.54, 1.807) is 24.3 Å². The summed E-state index contributed by atoms with van der Waals surface area (Å²) in [5.41, 5.74) is 6.83. The first-order chi connectivity index (χ1) is 10.1. The van der Waals surface area contributed by atoms with Crippen LogP contribution in [0.1, 0.15) is 0 Å². The Morgan fingerprint density at radius 3 is 2.71 bits per heavy atom. The maximum absolute atomic E-state index is 14.0. The second-order valence-electron chi connectivity index (χ2n) is 4.22. The first-order valence-corrected chi connectivity index (χ1v) is 6.61. The zero-order valence-electron chi connectivity index (χ0n) is 10.5. The minimum Gasteiger partial charge on any atom is -0.398 e. The molecule has 0 aliphatic heterocycles. The summed E-state index contributed by atoms with van der Waals surface area (Å²) < 4.78 is 15.3. The number of anilines is 1. The van der Waals surface area contributed by atoms with Crippen molar-refractivity contribution in [1.29, 1.82) is 0 Å². The highest BCUT2D eigenvalue weighted by molar-refractivity contribution is 6.35. The summed E-state index contributed by atoms with van der Waals surface area (Å²) in [5.74, 6) is -0.260. The molecule has 8 heteroatoms. The lowest BCUT2D eigenvalue weighted by Gasteiger charge is -2.08. The van der Waals surface area contributed by atoms with E-state index in [4.69, 9.17) is 28.9 Å². The smallest absolute Gasteiger partial charge is 0.188 e. The zero-order chi connectivity index (χ0) is 15.0. The van der Waals surface area contributed by atoms with Gasteiger partial charge < -0.3 is 5.73 Å². The Kier molecular flexibility index (Phi) is 3.48. The van der Waals surface area contributed by atoms with Gasteiger partial charge in [-0.25, -0.2) is 4.39 Å². The normalized spacial score (nSPS) is 10.8. The average molecular weight is 324 g/mol. The summed E-state index contributed by atoms with van der Waals surface area (Å²) in [7, 11) is 0. The van der Waals surface area contributed by atoms with E-state index in [1.165, 1.54) is 16.8 Å². The predicted molar refractivity (Wildman–Crippen MR) is 79.0 cm³/mol. The molecule has 1 heterocycles. The Balaban J connectivity index is 2.20. The van der Waals surface area contributed by atoms with Crippen molar-refractivity contribution in [3.8, 4) is 17.1 Å². The lowest BCUT2D eigenvalue weighted by molar-refractivity contribution is 0.608. The van der Waals surface area contributed by atoms with Crippen molar-refractivity contribution in [1.82, 2.24) is 20.2 Å². The molecular formula is C13H8Cl2FN5. The SMILES string of the molecule is Nc1cccc(-c2nnnn2-c2ccc(Cl)cc2F)c1Cl. The lowest BCUT2D eigenvalue weighted by Crippen LogP contribution is -2.03. The average Bonchev–Trinajstić information content (AvgIpc) is 2.91. The van der Waals surface area contributed by atoms with Gasteiger partial charge in [-0.05, 0) is 40.8 Å². The minimum atomic E-state index is -0.545. The summed E-state index contributed by atoms with van der Waals surface area (Å²) in [4.78, 5) is 0. The first kappa shape index (κ1) is 13.8. The molecule has 0 aliphatic carbocycles. The Labute approximate surface area is 129 Å². The molecule has 0 saturated heterocycles. The van der Waals surface area contributed by atoms with Crippen LogP contribution in [0.3, 0.4) is 0 Å². The molecule has 0 atom stereocenters. The van der Waals surface area contributed by atoms with Gasteiger partial charge in [0.2, 0.25) is 0 Å². The highest BCUT2D eigenvalue weighted by Gasteiger charge is 2.17. The molecule has 2 N–H and O–H groups in total. The molecule has 106 valence electrons. The van der Waals surface area contributed by atoms with E-state index in [0.717, 1.165) is 0 Å². The van der Waals surface area contributed by atoms with Crippen LogP contribution < -0.4 is 5.73 Å². The molecule has 0 spiro atoms. The molecule has 3 rings (SSSR count). The van der Waals surface area contributed by atoms with Gasteiger partial charge in [-0.3, -0.25) is 0 Å². The minimum absolute atomic E-state index is 0.165. The molecule has 0 amide bonds. The third-order valence-corrected chi connectivity index (χ3v) is 3.53. The third-order valence-electron chi connectivity index (χ3n) is 2.88. The van der Waals surface area contributed by atoms with Crippen LogP contribution in [0.4, 0.5) is 10.1 Å². The van der Waals surface area contributed by atoms with Gasteiger partial charge >= 0.3 is 0 Å². The van der Waals surface area contributed by atoms with E-state index >= 15 is 0 Å². The van der Waals surface area contributed by atoms with Gasteiger partial charge in [0.25, 0.3) is 0 Å². The van der Waals surface area contributed by atoms with Gasteiger partial charge in [0.1, 0.15) is 11.5 Å². The third kappa shape index (κ3) is 2.43. The van der Waals surface area contributed by atoms with Crippen molar-refractivity contribution in [2.45, 2.75) is 0 Å². The maximum atomic E-state index is 14.0. The van der Waals surface area contributed by atoms with Crippen LogP contribution in [0.15, 0.2) is 36.4 Å². The summed E-state index contributed by atoms with van der Waals surface area (Å²) in [6, 6.07) is 9.29. The molecule has 0 radical (unpaired) electrons. The molecule has 2 aromatic carbocycles. The number of halogens is 3. The van der Waals surface area contributed by atoms with Crippen LogP contribution in [-0.2, 0) is 0 Å². The van der Waals surface area contributed by atoms with Crippen molar-refractivity contribution >= 4 is 28.9 Å². The van der Waals surface area contributed by atoms with Crippen LogP contribution in [0, 0.1) is 5.82 Å². The van der Waals surface area contributed by atoms with E-state index in [9.17, 15) is 4.39 Å². The van der Waals surface area contributed by atoms with E-state index in [2.05, 4.69) is 15.5 Å². The first-order valence-electron chi connectivity index (χ1n) is 5.86. The van der Waals surface area contributed by atoms with Gasteiger partial charge in [0.15, 0.2) is 5.82 Å². The fourth-order valence-corrected chi connectivity index (χ4v) is 2.26. The van der Waals surface area contributed by atoms with Crippen molar-refractivity contribution in [3.63, 3.8) is 0 Å². The highest BCUT2D eigenvalue weighted by atomic mass is 35.5. The lowest BCUT2D eigenvalue weighted by atomic mass is 10.2. The molecule has 0 fully saturated rings. The molecular weight excluding hydrogens is 316 g/mol. The van der Waals surface area contributed by atoms with E-state index in [-0.39, 0.29) is 16.5 Å². The maximum Gasteiger partial charge on any atom is 0.188 e. The van der Waals surface area contributed by atoms with Crippen LogP contribution in [0.2, 0.25) is 10.0 Å². The Bertz CT molecular complexity index is 818. The summed E-state index contributed by atoms with van der Waals surface area (Å²) in [6.07, 6.45) is 0. The molecule has 0 unspecified atom stereocenters. The van der Waals surface area contributed by atoms with Gasteiger partial charge in [0.05, 0.1) is 10.7 Å². The highest BCUT2D eigenvalue weighted by Crippen LogP contribution is 2.32. The number of nitrogens with two attached hydrogens (primary N) is 1. The second-order valence-corrected chi connectivity index (χ2v) is 5.03. The number of hydrogen-bond donors (Lipinski definition) is 1. The molecule has 3 aromatic rings. The quantitative estimate of drug-likeness (QED) is 0.734. The van der Waals surface area contributed by atoms with Crippen molar-refractivity contribution in [2.75, 3.05) is 5.73 Å². The largest absolute Gasteiger partial charge is 0.398 e. The number of benzene rings is 2. The molecule has 1 aromatic heterocycles. The summed E-state index contributed by atoms with van der Waals surface area (Å²) in [6.45, 7) is 0. The molecule has 0 aliphatic rings. The van der Waals surface area contributed by atoms with Crippen LogP contribution >= 0.6 is 23.2 Å². The van der Waals surface area contributed by atoms with Crippen molar-refractivity contribution in [2.24, 2.45) is 0 Å². The van der Waals surface area contributed by atoms with Gasteiger partial charge in [-0.2, -0.15) is 4.68 Å². The second kappa shape index (κ2) is 5.31. The molecule has 0 bridgehead atoms. The summed E-state index contributed by atoms with van der Waals surface area (Å²) >= 11 is 11.9. The summed E-state index contributed by atoms with van der Waals surface area (Å²) in [5, 5.41) is 11.9. The fraction of sp³-hybridized carbons (Fsp3) is 0. The molecule has 0 saturated carbocycles. The van der Waals surface area contributed by atoms with Crippen LogP contribution in [0.5, 0.6) is 0 Å². The number of nitrogen functional groups attached to an aromatic ring is 1. The number of tetrazole rings is 1. The van der Waals surface area contributed by atoms with Crippen molar-refractivity contribution in [3.05, 3.63) is 52.3 Å². The van der Waals surface area contributed by atoms with Crippen LogP contribution in [-0.4, -0.2) is 20.2 Å². The Hall–Kier alpha value is -2.18. The Morgan fingerprint density at radius 2 is 1.95 bits per heavy atom. The topological polar surface area (TPSA) is 69.6 Å². The zero-order valence-corrected chi connectivity index (χ0v) is 12.0. The van der Waals surface area contributed by atoms with Gasteiger partial charge in [-0.1, -0.05) is 29.3 Å². The fourth-order valence-electron chi connectivity index (χ4n) is 1.89. The predicted octanol–water partition coefficient (Wildman–Crippen LogP) is 3.36.